The minimum Gasteiger partial charge on any atom is -0.466 e. The molecule has 6 heteroatoms. The van der Waals surface area contributed by atoms with Crippen LogP contribution in [0.3, 0.4) is 0 Å². The maximum atomic E-state index is 12.1. The number of ether oxygens (including phenoxy) is 1. The van der Waals surface area contributed by atoms with Gasteiger partial charge in [0.25, 0.3) is 0 Å². The lowest BCUT2D eigenvalue weighted by Gasteiger charge is -2.34. The number of rotatable bonds is 6. The largest absolute Gasteiger partial charge is 0.466 e. The van der Waals surface area contributed by atoms with Crippen LogP contribution in [-0.4, -0.2) is 30.8 Å². The number of nitrogens with one attached hydrogen (secondary N) is 1. The van der Waals surface area contributed by atoms with Crippen molar-refractivity contribution < 1.29 is 19.2 Å². The Labute approximate surface area is 130 Å². The van der Waals surface area contributed by atoms with Crippen LogP contribution < -0.4 is 5.32 Å². The molecule has 0 bridgehead atoms. The second kappa shape index (κ2) is 7.26. The van der Waals surface area contributed by atoms with Crippen molar-refractivity contribution in [2.45, 2.75) is 39.2 Å². The molecule has 2 rings (SSSR count). The maximum absolute atomic E-state index is 12.1. The molecule has 120 valence electrons. The van der Waals surface area contributed by atoms with Crippen LogP contribution in [0.4, 0.5) is 10.5 Å². The van der Waals surface area contributed by atoms with E-state index in [1.807, 2.05) is 32.0 Å². The third-order valence-electron chi connectivity index (χ3n) is 3.61. The molecule has 2 amide bonds. The Kier molecular flexibility index (Phi) is 5.38. The zero-order valence-electron chi connectivity index (χ0n) is 13.2. The number of hydroxylamine groups is 2. The van der Waals surface area contributed by atoms with Gasteiger partial charge in [-0.2, -0.15) is 5.06 Å². The Balaban J connectivity index is 2.20. The molecule has 0 radical (unpaired) electrons. The van der Waals surface area contributed by atoms with Crippen molar-refractivity contribution in [1.82, 2.24) is 5.06 Å². The second-order valence-electron chi connectivity index (χ2n) is 5.32. The van der Waals surface area contributed by atoms with Crippen molar-refractivity contribution in [3.05, 3.63) is 29.3 Å². The molecule has 1 aromatic carbocycles. The van der Waals surface area contributed by atoms with E-state index in [1.54, 1.807) is 0 Å². The van der Waals surface area contributed by atoms with Gasteiger partial charge in [-0.1, -0.05) is 31.0 Å². The molecule has 22 heavy (non-hydrogen) atoms. The number of fused-ring (bicyclic) bond motifs is 1. The van der Waals surface area contributed by atoms with E-state index in [0.29, 0.717) is 12.3 Å². The van der Waals surface area contributed by atoms with Crippen molar-refractivity contribution in [2.24, 2.45) is 0 Å². The zero-order valence-corrected chi connectivity index (χ0v) is 13.2. The fraction of sp³-hybridized carbons (Fsp3) is 0.500. The van der Waals surface area contributed by atoms with Gasteiger partial charge in [-0.3, -0.25) is 9.63 Å². The number of hydrogen-bond donors (Lipinski definition) is 1. The smallest absolute Gasteiger partial charge is 0.346 e. The number of aryl methyl sites for hydroxylation is 1. The summed E-state index contributed by atoms with van der Waals surface area (Å²) < 4.78 is 5.21. The number of esters is 1. The van der Waals surface area contributed by atoms with Gasteiger partial charge >= 0.3 is 12.0 Å². The Morgan fingerprint density at radius 1 is 1.41 bits per heavy atom. The first-order valence-electron chi connectivity index (χ1n) is 7.47. The van der Waals surface area contributed by atoms with Gasteiger partial charge in [-0.25, -0.2) is 4.79 Å². The van der Waals surface area contributed by atoms with Gasteiger partial charge in [0.1, 0.15) is 0 Å². The molecule has 0 aliphatic carbocycles. The van der Waals surface area contributed by atoms with Crippen LogP contribution >= 0.6 is 0 Å². The number of anilines is 1. The van der Waals surface area contributed by atoms with Crippen LogP contribution in [0.1, 0.15) is 43.4 Å². The summed E-state index contributed by atoms with van der Waals surface area (Å²) in [4.78, 5) is 29.2. The van der Waals surface area contributed by atoms with Gasteiger partial charge in [-0.15, -0.1) is 0 Å². The first-order chi connectivity index (χ1) is 10.6. The highest BCUT2D eigenvalue weighted by Crippen LogP contribution is 2.36. The highest BCUT2D eigenvalue weighted by Gasteiger charge is 2.35. The van der Waals surface area contributed by atoms with E-state index in [0.717, 1.165) is 24.0 Å². The van der Waals surface area contributed by atoms with Gasteiger partial charge in [-0.05, 0) is 19.4 Å². The molecular formula is C16H22N2O4. The molecule has 0 spiro atoms. The average molecular weight is 306 g/mol. The van der Waals surface area contributed by atoms with Crippen LogP contribution in [0.15, 0.2) is 18.2 Å². The summed E-state index contributed by atoms with van der Waals surface area (Å²) in [6, 6.07) is 4.83. The van der Waals surface area contributed by atoms with E-state index >= 15 is 0 Å². The molecule has 6 nitrogen and oxygen atoms in total. The van der Waals surface area contributed by atoms with E-state index in [2.05, 4.69) is 5.32 Å². The molecule has 0 aromatic heterocycles. The van der Waals surface area contributed by atoms with Crippen molar-refractivity contribution in [2.75, 3.05) is 19.0 Å². The number of nitrogens with zero attached hydrogens (tertiary/aromatic N) is 1. The van der Waals surface area contributed by atoms with Crippen molar-refractivity contribution in [3.8, 4) is 0 Å². The van der Waals surface area contributed by atoms with Crippen LogP contribution in [0.2, 0.25) is 0 Å². The van der Waals surface area contributed by atoms with Gasteiger partial charge < -0.3 is 10.1 Å². The molecule has 1 atom stereocenters. The summed E-state index contributed by atoms with van der Waals surface area (Å²) >= 11 is 0. The zero-order chi connectivity index (χ0) is 16.1. The lowest BCUT2D eigenvalue weighted by molar-refractivity contribution is -0.153. The monoisotopic (exact) mass is 306 g/mol. The molecule has 0 fully saturated rings. The topological polar surface area (TPSA) is 67.9 Å². The molecule has 1 heterocycles. The van der Waals surface area contributed by atoms with Gasteiger partial charge in [0, 0.05) is 11.3 Å². The van der Waals surface area contributed by atoms with Crippen molar-refractivity contribution in [3.63, 3.8) is 0 Å². The highest BCUT2D eigenvalue weighted by atomic mass is 16.7. The lowest BCUT2D eigenvalue weighted by atomic mass is 9.97. The summed E-state index contributed by atoms with van der Waals surface area (Å²) in [5.41, 5.74) is 2.61. The first kappa shape index (κ1) is 16.3. The summed E-state index contributed by atoms with van der Waals surface area (Å²) in [6.07, 6.45) is 1.87. The Morgan fingerprint density at radius 3 is 2.86 bits per heavy atom. The number of hydrogen-bond acceptors (Lipinski definition) is 4. The Morgan fingerprint density at radius 2 is 2.18 bits per heavy atom. The number of carbonyl (C=O) groups excluding carboxylic acids is 2. The predicted octanol–water partition coefficient (Wildman–Crippen LogP) is 3.18. The molecular weight excluding hydrogens is 284 g/mol. The molecule has 0 saturated heterocycles. The number of amides is 2. The number of carbonyl (C=O) groups is 2. The molecule has 1 unspecified atom stereocenters. The van der Waals surface area contributed by atoms with Gasteiger partial charge in [0.2, 0.25) is 0 Å². The fourth-order valence-electron chi connectivity index (χ4n) is 2.46. The van der Waals surface area contributed by atoms with E-state index in [4.69, 9.17) is 9.57 Å². The number of unbranched alkanes of at least 4 members (excludes halogenated alkanes) is 1. The molecule has 1 N–H and O–H groups in total. The van der Waals surface area contributed by atoms with Gasteiger partial charge in [0.15, 0.2) is 0 Å². The highest BCUT2D eigenvalue weighted by molar-refractivity contribution is 5.93. The Bertz CT molecular complexity index is 559. The summed E-state index contributed by atoms with van der Waals surface area (Å²) in [5.74, 6) is -0.331. The number of urea groups is 1. The Hall–Kier alpha value is -2.08. The molecule has 1 aliphatic rings. The lowest BCUT2D eigenvalue weighted by Crippen LogP contribution is -2.42. The van der Waals surface area contributed by atoms with Crippen molar-refractivity contribution in [1.29, 1.82) is 0 Å². The first-order valence-corrected chi connectivity index (χ1v) is 7.47. The third-order valence-corrected chi connectivity index (χ3v) is 3.61. The van der Waals surface area contributed by atoms with Crippen LogP contribution in [0.5, 0.6) is 0 Å². The number of benzene rings is 1. The minimum absolute atomic E-state index is 0.0709. The molecule has 1 aliphatic heterocycles. The van der Waals surface area contributed by atoms with E-state index in [9.17, 15) is 9.59 Å². The summed E-state index contributed by atoms with van der Waals surface area (Å²) in [5, 5.41) is 3.94. The second-order valence-corrected chi connectivity index (χ2v) is 5.32. The average Bonchev–Trinajstić information content (AvgIpc) is 2.48. The standard InChI is InChI=1S/C16H22N2O4/c1-4-5-8-22-15(19)10-14-12-9-11(2)6-7-13(12)17-16(20)18(14)21-3/h6-7,9,14H,4-5,8,10H2,1-3H3,(H,17,20). The SMILES string of the molecule is CCCCOC(=O)CC1c2cc(C)ccc2NC(=O)N1OC. The van der Waals surface area contributed by atoms with Crippen LogP contribution in [0, 0.1) is 6.92 Å². The summed E-state index contributed by atoms with van der Waals surface area (Å²) in [7, 11) is 1.41. The van der Waals surface area contributed by atoms with Gasteiger partial charge in [0.05, 0.1) is 26.2 Å². The third kappa shape index (κ3) is 3.57. The fourth-order valence-corrected chi connectivity index (χ4v) is 2.46. The van der Waals surface area contributed by atoms with Crippen LogP contribution in [-0.2, 0) is 14.4 Å². The molecule has 0 saturated carbocycles. The normalized spacial score (nSPS) is 17.0. The quantitative estimate of drug-likeness (QED) is 0.647. The molecule has 1 aromatic rings. The van der Waals surface area contributed by atoms with E-state index in [-0.39, 0.29) is 18.4 Å². The van der Waals surface area contributed by atoms with E-state index < -0.39 is 6.04 Å². The maximum Gasteiger partial charge on any atom is 0.346 e. The van der Waals surface area contributed by atoms with Crippen LogP contribution in [0.25, 0.3) is 0 Å². The summed E-state index contributed by atoms with van der Waals surface area (Å²) in [6.45, 7) is 4.40. The predicted molar refractivity (Wildman–Crippen MR) is 82.3 cm³/mol. The van der Waals surface area contributed by atoms with E-state index in [1.165, 1.54) is 12.2 Å². The van der Waals surface area contributed by atoms with Crippen molar-refractivity contribution >= 4 is 17.7 Å². The minimum atomic E-state index is -0.484.